The summed E-state index contributed by atoms with van der Waals surface area (Å²) in [6, 6.07) is 20.8. The minimum atomic E-state index is -3.84. The van der Waals surface area contributed by atoms with Gasteiger partial charge in [0.1, 0.15) is 6.54 Å². The fraction of sp³-hybridized carbons (Fsp3) is 0.160. The second-order valence-corrected chi connectivity index (χ2v) is 9.51. The third kappa shape index (κ3) is 5.02. The van der Waals surface area contributed by atoms with Gasteiger partial charge >= 0.3 is 5.97 Å². The highest BCUT2D eigenvalue weighted by Crippen LogP contribution is 2.29. The second-order valence-electron chi connectivity index (χ2n) is 7.65. The van der Waals surface area contributed by atoms with Gasteiger partial charge in [-0.05, 0) is 55.5 Å². The number of amides is 2. The number of benzene rings is 3. The van der Waals surface area contributed by atoms with Crippen molar-refractivity contribution in [2.45, 2.75) is 11.8 Å². The van der Waals surface area contributed by atoms with Crippen molar-refractivity contribution >= 4 is 44.9 Å². The van der Waals surface area contributed by atoms with E-state index in [2.05, 4.69) is 5.32 Å². The first-order chi connectivity index (χ1) is 16.8. The lowest BCUT2D eigenvalue weighted by molar-refractivity contribution is -0.124. The highest BCUT2D eigenvalue weighted by Gasteiger charge is 2.28. The van der Waals surface area contributed by atoms with Crippen LogP contribution in [0.2, 0.25) is 0 Å². The molecule has 0 saturated heterocycles. The van der Waals surface area contributed by atoms with Gasteiger partial charge in [-0.2, -0.15) is 0 Å². The molecule has 9 nitrogen and oxygen atoms in total. The van der Waals surface area contributed by atoms with Crippen molar-refractivity contribution in [3.8, 4) is 0 Å². The summed E-state index contributed by atoms with van der Waals surface area (Å²) in [4.78, 5) is 38.3. The Morgan fingerprint density at radius 3 is 2.31 bits per heavy atom. The molecule has 0 atom stereocenters. The molecule has 1 heterocycles. The van der Waals surface area contributed by atoms with Crippen molar-refractivity contribution in [1.29, 1.82) is 0 Å². The molecule has 1 aliphatic heterocycles. The smallest absolute Gasteiger partial charge is 0.338 e. The number of carbonyl (C=O) groups is 3. The van der Waals surface area contributed by atoms with Gasteiger partial charge in [-0.1, -0.05) is 30.3 Å². The van der Waals surface area contributed by atoms with Crippen LogP contribution in [0.15, 0.2) is 83.8 Å². The highest BCUT2D eigenvalue weighted by molar-refractivity contribution is 7.92. The molecule has 3 aromatic carbocycles. The number of hydrogen-bond acceptors (Lipinski definition) is 6. The summed E-state index contributed by atoms with van der Waals surface area (Å²) < 4.78 is 32.6. The summed E-state index contributed by atoms with van der Waals surface area (Å²) >= 11 is 0. The Bertz CT molecular complexity index is 1360. The maximum Gasteiger partial charge on any atom is 0.338 e. The molecule has 4 rings (SSSR count). The van der Waals surface area contributed by atoms with Gasteiger partial charge in [0.15, 0.2) is 6.61 Å². The molecule has 1 aliphatic rings. The van der Waals surface area contributed by atoms with Crippen molar-refractivity contribution in [1.82, 2.24) is 0 Å². The molecular formula is C25H23N3O6S. The molecule has 0 fully saturated rings. The fourth-order valence-corrected chi connectivity index (χ4v) is 5.19. The first kappa shape index (κ1) is 24.0. The van der Waals surface area contributed by atoms with Gasteiger partial charge in [-0.15, -0.1) is 0 Å². The molecule has 0 bridgehead atoms. The average molecular weight is 494 g/mol. The van der Waals surface area contributed by atoms with Crippen molar-refractivity contribution in [2.75, 3.05) is 34.2 Å². The van der Waals surface area contributed by atoms with E-state index in [-0.39, 0.29) is 29.5 Å². The summed E-state index contributed by atoms with van der Waals surface area (Å²) in [5.74, 6) is -1.69. The zero-order valence-electron chi connectivity index (χ0n) is 18.9. The van der Waals surface area contributed by atoms with Gasteiger partial charge in [-0.25, -0.2) is 13.2 Å². The van der Waals surface area contributed by atoms with Crippen LogP contribution < -0.4 is 14.5 Å². The number of nitrogens with one attached hydrogen (secondary N) is 1. The molecule has 0 aromatic heterocycles. The predicted molar refractivity (Wildman–Crippen MR) is 131 cm³/mol. The van der Waals surface area contributed by atoms with Gasteiger partial charge in [-0.3, -0.25) is 18.8 Å². The molecule has 0 radical (unpaired) electrons. The van der Waals surface area contributed by atoms with Gasteiger partial charge < -0.3 is 10.1 Å². The van der Waals surface area contributed by atoms with E-state index in [1.807, 2.05) is 0 Å². The molecule has 0 aliphatic carbocycles. The van der Waals surface area contributed by atoms with Crippen LogP contribution in [-0.4, -0.2) is 45.9 Å². The van der Waals surface area contributed by atoms with E-state index < -0.39 is 28.5 Å². The van der Waals surface area contributed by atoms with Crippen LogP contribution in [0.4, 0.5) is 17.1 Å². The maximum atomic E-state index is 13.1. The topological polar surface area (TPSA) is 113 Å². The average Bonchev–Trinajstić information content (AvgIpc) is 2.87. The SMILES string of the molecule is CCN(c1ccccc1)S(=O)(=O)c1ccc(C(=O)OCC(=O)N2CC(=O)Nc3ccccc32)cc1. The third-order valence-electron chi connectivity index (χ3n) is 5.41. The van der Waals surface area contributed by atoms with E-state index in [4.69, 9.17) is 4.74 Å². The lowest BCUT2D eigenvalue weighted by atomic mass is 10.2. The van der Waals surface area contributed by atoms with Crippen molar-refractivity contribution in [3.05, 3.63) is 84.4 Å². The minimum Gasteiger partial charge on any atom is -0.452 e. The number of fused-ring (bicyclic) bond motifs is 1. The normalized spacial score (nSPS) is 12.9. The maximum absolute atomic E-state index is 13.1. The summed E-state index contributed by atoms with van der Waals surface area (Å²) in [7, 11) is -3.84. The van der Waals surface area contributed by atoms with Crippen molar-refractivity contribution < 1.29 is 27.5 Å². The van der Waals surface area contributed by atoms with Crippen LogP contribution in [-0.2, 0) is 24.3 Å². The lowest BCUT2D eigenvalue weighted by Gasteiger charge is -2.28. The van der Waals surface area contributed by atoms with Crippen LogP contribution in [0.3, 0.4) is 0 Å². The number of anilines is 3. The molecule has 0 saturated carbocycles. The number of rotatable bonds is 7. The van der Waals surface area contributed by atoms with Crippen LogP contribution in [0.1, 0.15) is 17.3 Å². The Morgan fingerprint density at radius 1 is 0.971 bits per heavy atom. The number of nitrogens with zero attached hydrogens (tertiary/aromatic N) is 2. The van der Waals surface area contributed by atoms with E-state index in [1.165, 1.54) is 33.5 Å². The zero-order valence-corrected chi connectivity index (χ0v) is 19.7. The molecule has 35 heavy (non-hydrogen) atoms. The fourth-order valence-electron chi connectivity index (χ4n) is 3.72. The summed E-state index contributed by atoms with van der Waals surface area (Å²) in [5.41, 5.74) is 1.64. The monoisotopic (exact) mass is 493 g/mol. The number of sulfonamides is 1. The van der Waals surface area contributed by atoms with E-state index in [0.29, 0.717) is 17.1 Å². The Kier molecular flexibility index (Phi) is 6.83. The Morgan fingerprint density at radius 2 is 1.63 bits per heavy atom. The van der Waals surface area contributed by atoms with Crippen LogP contribution in [0.5, 0.6) is 0 Å². The number of ether oxygens (including phenoxy) is 1. The molecule has 1 N–H and O–H groups in total. The van der Waals surface area contributed by atoms with E-state index in [1.54, 1.807) is 61.5 Å². The number of carbonyl (C=O) groups excluding carboxylic acids is 3. The van der Waals surface area contributed by atoms with Gasteiger partial charge in [0, 0.05) is 6.54 Å². The third-order valence-corrected chi connectivity index (χ3v) is 7.33. The molecular weight excluding hydrogens is 470 g/mol. The van der Waals surface area contributed by atoms with Crippen molar-refractivity contribution in [2.24, 2.45) is 0 Å². The summed E-state index contributed by atoms with van der Waals surface area (Å²) in [6.45, 7) is 1.21. The van der Waals surface area contributed by atoms with Gasteiger partial charge in [0.05, 0.1) is 27.5 Å². The van der Waals surface area contributed by atoms with E-state index in [0.717, 1.165) is 0 Å². The van der Waals surface area contributed by atoms with Gasteiger partial charge in [0.25, 0.3) is 15.9 Å². The Balaban J connectivity index is 1.43. The largest absolute Gasteiger partial charge is 0.452 e. The van der Waals surface area contributed by atoms with Gasteiger partial charge in [0.2, 0.25) is 5.91 Å². The van der Waals surface area contributed by atoms with Crippen molar-refractivity contribution in [3.63, 3.8) is 0 Å². The standard InChI is InChI=1S/C25H23N3O6S/c1-2-28(19-8-4-3-5-9-19)35(32,33)20-14-12-18(13-15-20)25(31)34-17-24(30)27-16-23(29)26-21-10-6-7-11-22(21)27/h3-15H,2,16-17H2,1H3,(H,26,29). The highest BCUT2D eigenvalue weighted by atomic mass is 32.2. The molecule has 10 heteroatoms. The minimum absolute atomic E-state index is 0.0202. The Hall–Kier alpha value is -4.18. The van der Waals surface area contributed by atoms with Crippen LogP contribution in [0.25, 0.3) is 0 Å². The number of hydrogen-bond donors (Lipinski definition) is 1. The molecule has 3 aromatic rings. The molecule has 2 amide bonds. The second kappa shape index (κ2) is 9.98. The van der Waals surface area contributed by atoms with Crippen LogP contribution in [0, 0.1) is 0 Å². The van der Waals surface area contributed by atoms with E-state index in [9.17, 15) is 22.8 Å². The number of esters is 1. The Labute approximate surface area is 203 Å². The molecule has 180 valence electrons. The van der Waals surface area contributed by atoms with Crippen LogP contribution >= 0.6 is 0 Å². The molecule has 0 spiro atoms. The first-order valence-electron chi connectivity index (χ1n) is 10.9. The zero-order chi connectivity index (χ0) is 25.0. The number of para-hydroxylation sites is 3. The first-order valence-corrected chi connectivity index (χ1v) is 12.3. The summed E-state index contributed by atoms with van der Waals surface area (Å²) in [5, 5.41) is 2.68. The van der Waals surface area contributed by atoms with E-state index >= 15 is 0 Å². The summed E-state index contributed by atoms with van der Waals surface area (Å²) in [6.07, 6.45) is 0. The molecule has 0 unspecified atom stereocenters. The predicted octanol–water partition coefficient (Wildman–Crippen LogP) is 3.04. The lowest BCUT2D eigenvalue weighted by Crippen LogP contribution is -2.44. The quantitative estimate of drug-likeness (QED) is 0.506.